The number of carbonyl (C=O) groups excluding carboxylic acids is 3. The summed E-state index contributed by atoms with van der Waals surface area (Å²) in [5, 5.41) is 0. The molecule has 0 aromatic heterocycles. The molecule has 0 aromatic carbocycles. The summed E-state index contributed by atoms with van der Waals surface area (Å²) in [6.45, 7) is 3.54. The van der Waals surface area contributed by atoms with Crippen molar-refractivity contribution < 1.29 is 28.6 Å². The molecule has 0 bridgehead atoms. The van der Waals surface area contributed by atoms with Crippen molar-refractivity contribution in [2.24, 2.45) is 0 Å². The number of halogens is 2. The van der Waals surface area contributed by atoms with Crippen LogP contribution in [0.15, 0.2) is 0 Å². The Morgan fingerprint density at radius 2 is 1.11 bits per heavy atom. The molecule has 0 unspecified atom stereocenters. The number of ether oxygens (including phenoxy) is 3. The first-order valence-corrected chi connectivity index (χ1v) is 6.52. The molecule has 0 aliphatic rings. The van der Waals surface area contributed by atoms with Crippen molar-refractivity contribution in [2.75, 3.05) is 11.8 Å². The van der Waals surface area contributed by atoms with E-state index in [1.54, 1.807) is 0 Å². The third-order valence-electron chi connectivity index (χ3n) is 1.97. The van der Waals surface area contributed by atoms with Crippen LogP contribution in [0.4, 0.5) is 0 Å². The van der Waals surface area contributed by atoms with Gasteiger partial charge in [0.15, 0.2) is 18.3 Å². The minimum absolute atomic E-state index is 0.133. The molecule has 0 aliphatic carbocycles. The number of hydrogen-bond acceptors (Lipinski definition) is 6. The van der Waals surface area contributed by atoms with Gasteiger partial charge in [-0.15, -0.1) is 23.2 Å². The highest BCUT2D eigenvalue weighted by Crippen LogP contribution is 2.16. The number of esters is 3. The van der Waals surface area contributed by atoms with Crippen molar-refractivity contribution >= 4 is 41.1 Å². The second-order valence-corrected chi connectivity index (χ2v) is 4.30. The average molecular weight is 315 g/mol. The van der Waals surface area contributed by atoms with Crippen molar-refractivity contribution in [1.29, 1.82) is 0 Å². The molecule has 110 valence electrons. The topological polar surface area (TPSA) is 78.9 Å². The van der Waals surface area contributed by atoms with Crippen molar-refractivity contribution in [3.05, 3.63) is 0 Å². The molecule has 19 heavy (non-hydrogen) atoms. The maximum atomic E-state index is 11.1. The Bertz CT molecular complexity index is 309. The van der Waals surface area contributed by atoms with Gasteiger partial charge in [0.25, 0.3) is 0 Å². The summed E-state index contributed by atoms with van der Waals surface area (Å²) in [6.07, 6.45) is -2.96. The highest BCUT2D eigenvalue weighted by atomic mass is 35.5. The zero-order chi connectivity index (χ0) is 15.0. The Kier molecular flexibility index (Phi) is 8.51. The van der Waals surface area contributed by atoms with Crippen LogP contribution in [-0.4, -0.2) is 48.0 Å². The molecule has 0 saturated heterocycles. The van der Waals surface area contributed by atoms with Gasteiger partial charge in [-0.05, 0) is 0 Å². The first-order valence-electron chi connectivity index (χ1n) is 5.45. The standard InChI is InChI=1S/C11H16Cl2O6/c1-6(14)17-9(4-12)11(19-8(3)16)10(5-13)18-7(2)15/h9-11H,4-5H2,1-3H3/t9-,10-/m1/s1. The minimum atomic E-state index is -1.06. The van der Waals surface area contributed by atoms with E-state index >= 15 is 0 Å². The third kappa shape index (κ3) is 7.22. The van der Waals surface area contributed by atoms with Crippen LogP contribution in [-0.2, 0) is 28.6 Å². The van der Waals surface area contributed by atoms with E-state index in [0.717, 1.165) is 0 Å². The molecule has 8 heteroatoms. The summed E-state index contributed by atoms with van der Waals surface area (Å²) in [4.78, 5) is 33.0. The summed E-state index contributed by atoms with van der Waals surface area (Å²) in [5.41, 5.74) is 0. The van der Waals surface area contributed by atoms with E-state index in [-0.39, 0.29) is 11.8 Å². The summed E-state index contributed by atoms with van der Waals surface area (Å²) < 4.78 is 14.9. The van der Waals surface area contributed by atoms with E-state index in [2.05, 4.69) is 0 Å². The molecule has 2 atom stereocenters. The second-order valence-electron chi connectivity index (χ2n) is 3.68. The molecule has 0 aliphatic heterocycles. The van der Waals surface area contributed by atoms with Gasteiger partial charge in [0.2, 0.25) is 0 Å². The first-order chi connectivity index (χ1) is 8.81. The molecule has 0 spiro atoms. The highest BCUT2D eigenvalue weighted by Gasteiger charge is 2.36. The van der Waals surface area contributed by atoms with E-state index in [1.807, 2.05) is 0 Å². The first kappa shape index (κ1) is 18.0. The SMILES string of the molecule is CC(=O)OC([C@@H](CCl)OC(C)=O)[C@@H](CCl)OC(C)=O. The van der Waals surface area contributed by atoms with Crippen molar-refractivity contribution in [2.45, 2.75) is 39.1 Å². The lowest BCUT2D eigenvalue weighted by molar-refractivity contribution is -0.179. The summed E-state index contributed by atoms with van der Waals surface area (Å²) in [5.74, 6) is -2.09. The van der Waals surface area contributed by atoms with Gasteiger partial charge < -0.3 is 14.2 Å². The van der Waals surface area contributed by atoms with E-state index < -0.39 is 36.2 Å². The van der Waals surface area contributed by atoms with Crippen LogP contribution in [0.25, 0.3) is 0 Å². The fraction of sp³-hybridized carbons (Fsp3) is 0.727. The average Bonchev–Trinajstić information content (AvgIpc) is 2.29. The smallest absolute Gasteiger partial charge is 0.303 e. The lowest BCUT2D eigenvalue weighted by atomic mass is 10.1. The molecular weight excluding hydrogens is 299 g/mol. The predicted octanol–water partition coefficient (Wildman–Crippen LogP) is 1.26. The lowest BCUT2D eigenvalue weighted by Crippen LogP contribution is -2.46. The molecule has 0 radical (unpaired) electrons. The molecule has 0 rings (SSSR count). The molecule has 0 N–H and O–H groups in total. The fourth-order valence-electron chi connectivity index (χ4n) is 1.38. The van der Waals surface area contributed by atoms with Gasteiger partial charge >= 0.3 is 17.9 Å². The zero-order valence-electron chi connectivity index (χ0n) is 10.9. The number of carbonyl (C=O) groups is 3. The fourth-order valence-corrected chi connectivity index (χ4v) is 1.86. The van der Waals surface area contributed by atoms with E-state index in [1.165, 1.54) is 20.8 Å². The van der Waals surface area contributed by atoms with Crippen LogP contribution >= 0.6 is 23.2 Å². The Hall–Kier alpha value is -1.01. The van der Waals surface area contributed by atoms with Crippen LogP contribution in [0.3, 0.4) is 0 Å². The van der Waals surface area contributed by atoms with Gasteiger partial charge in [-0.1, -0.05) is 0 Å². The Morgan fingerprint density at radius 1 is 0.789 bits per heavy atom. The molecule has 0 fully saturated rings. The quantitative estimate of drug-likeness (QED) is 0.400. The molecule has 0 heterocycles. The van der Waals surface area contributed by atoms with Crippen LogP contribution < -0.4 is 0 Å². The van der Waals surface area contributed by atoms with Crippen molar-refractivity contribution in [3.8, 4) is 0 Å². The van der Waals surface area contributed by atoms with Gasteiger partial charge in [-0.25, -0.2) is 0 Å². The summed E-state index contributed by atoms with van der Waals surface area (Å²) in [7, 11) is 0. The maximum absolute atomic E-state index is 11.1. The van der Waals surface area contributed by atoms with Crippen LogP contribution in [0.2, 0.25) is 0 Å². The normalized spacial score (nSPS) is 13.6. The van der Waals surface area contributed by atoms with Crippen LogP contribution in [0, 0.1) is 0 Å². The number of hydrogen-bond donors (Lipinski definition) is 0. The van der Waals surface area contributed by atoms with E-state index in [9.17, 15) is 14.4 Å². The van der Waals surface area contributed by atoms with Gasteiger partial charge in [0.05, 0.1) is 11.8 Å². The number of alkyl halides is 2. The van der Waals surface area contributed by atoms with Crippen LogP contribution in [0.1, 0.15) is 20.8 Å². The third-order valence-corrected chi connectivity index (χ3v) is 2.58. The maximum Gasteiger partial charge on any atom is 0.303 e. The highest BCUT2D eigenvalue weighted by molar-refractivity contribution is 6.18. The summed E-state index contributed by atoms with van der Waals surface area (Å²) >= 11 is 11.4. The second kappa shape index (κ2) is 8.98. The van der Waals surface area contributed by atoms with Gasteiger partial charge in [-0.3, -0.25) is 14.4 Å². The largest absolute Gasteiger partial charge is 0.457 e. The molecular formula is C11H16Cl2O6. The van der Waals surface area contributed by atoms with E-state index in [0.29, 0.717) is 0 Å². The Labute approximate surface area is 121 Å². The lowest BCUT2D eigenvalue weighted by Gasteiger charge is -2.29. The molecule has 0 amide bonds. The Balaban J connectivity index is 5.06. The van der Waals surface area contributed by atoms with E-state index in [4.69, 9.17) is 37.4 Å². The predicted molar refractivity (Wildman–Crippen MR) is 68.1 cm³/mol. The van der Waals surface area contributed by atoms with Gasteiger partial charge in [-0.2, -0.15) is 0 Å². The van der Waals surface area contributed by atoms with Crippen molar-refractivity contribution in [3.63, 3.8) is 0 Å². The van der Waals surface area contributed by atoms with Gasteiger partial charge in [0.1, 0.15) is 0 Å². The van der Waals surface area contributed by atoms with Crippen molar-refractivity contribution in [1.82, 2.24) is 0 Å². The number of rotatable bonds is 7. The monoisotopic (exact) mass is 314 g/mol. The minimum Gasteiger partial charge on any atom is -0.457 e. The molecule has 0 saturated carbocycles. The molecule has 6 nitrogen and oxygen atoms in total. The Morgan fingerprint density at radius 3 is 1.32 bits per heavy atom. The van der Waals surface area contributed by atoms with Crippen LogP contribution in [0.5, 0.6) is 0 Å². The van der Waals surface area contributed by atoms with Gasteiger partial charge in [0, 0.05) is 20.8 Å². The summed E-state index contributed by atoms with van der Waals surface area (Å²) in [6, 6.07) is 0. The molecule has 0 aromatic rings. The zero-order valence-corrected chi connectivity index (χ0v) is 12.4.